The molecule has 1 rings (SSSR count). The topological polar surface area (TPSA) is 38.7 Å². The maximum Gasteiger partial charge on any atom is 0.522 e. The highest BCUT2D eigenvalue weighted by Gasteiger charge is 2.28. The minimum absolute atomic E-state index is 0.0103. The Bertz CT molecular complexity index is 382. The highest BCUT2D eigenvalue weighted by atomic mass is 19.4. The van der Waals surface area contributed by atoms with E-state index in [0.29, 0.717) is 0 Å². The molecule has 0 bridgehead atoms. The molecule has 0 aliphatic heterocycles. The summed E-state index contributed by atoms with van der Waals surface area (Å²) < 4.78 is 69.1. The Labute approximate surface area is 98.7 Å². The third-order valence-corrected chi connectivity index (χ3v) is 1.84. The summed E-state index contributed by atoms with van der Waals surface area (Å²) in [4.78, 5) is 0. The molecule has 1 aromatic carbocycles. The maximum absolute atomic E-state index is 13.2. The minimum Gasteiger partial charge on any atom is -0.485 e. The normalized spacial score (nSPS) is 11.7. The molecule has 3 nitrogen and oxygen atoms in total. The number of hydrogen-bond donors (Lipinski definition) is 1. The average Bonchev–Trinajstić information content (AvgIpc) is 2.25. The number of hydrogen-bond acceptors (Lipinski definition) is 3. The van der Waals surface area contributed by atoms with E-state index in [9.17, 15) is 22.0 Å². The lowest BCUT2D eigenvalue weighted by Crippen LogP contribution is -2.18. The lowest BCUT2D eigenvalue weighted by Gasteiger charge is -2.10. The molecule has 0 atom stereocenters. The minimum atomic E-state index is -4.82. The van der Waals surface area contributed by atoms with Crippen LogP contribution in [0.4, 0.5) is 22.0 Å². The van der Waals surface area contributed by atoms with Crippen molar-refractivity contribution in [3.05, 3.63) is 29.3 Å². The van der Waals surface area contributed by atoms with Crippen LogP contribution in [-0.4, -0.2) is 24.7 Å². The van der Waals surface area contributed by atoms with E-state index in [0.717, 1.165) is 12.1 Å². The van der Waals surface area contributed by atoms with Crippen LogP contribution in [0.2, 0.25) is 0 Å². The summed E-state index contributed by atoms with van der Waals surface area (Å²) in [6, 6.07) is 1.64. The smallest absolute Gasteiger partial charge is 0.485 e. The van der Waals surface area contributed by atoms with Gasteiger partial charge in [0.05, 0.1) is 13.2 Å². The van der Waals surface area contributed by atoms with Crippen LogP contribution in [0.15, 0.2) is 12.1 Å². The number of benzene rings is 1. The van der Waals surface area contributed by atoms with Crippen molar-refractivity contribution in [1.29, 1.82) is 0 Å². The van der Waals surface area contributed by atoms with Gasteiger partial charge in [-0.25, -0.2) is 8.78 Å². The van der Waals surface area contributed by atoms with Gasteiger partial charge in [-0.3, -0.25) is 4.74 Å². The van der Waals surface area contributed by atoms with Crippen LogP contribution in [0, 0.1) is 11.6 Å². The number of alkyl halides is 3. The fourth-order valence-electron chi connectivity index (χ4n) is 1.14. The SMILES string of the molecule is OCc1cc(F)c(OCCOC(F)(F)F)c(F)c1. The van der Waals surface area contributed by atoms with Crippen LogP contribution in [0.3, 0.4) is 0 Å². The first-order chi connectivity index (χ1) is 8.33. The Hall–Kier alpha value is -1.41. The predicted octanol–water partition coefficient (Wildman–Crippen LogP) is 2.37. The Morgan fingerprint density at radius 2 is 1.61 bits per heavy atom. The molecule has 0 aliphatic carbocycles. The van der Waals surface area contributed by atoms with E-state index in [-0.39, 0.29) is 5.56 Å². The molecular weight excluding hydrogens is 263 g/mol. The Kier molecular flexibility index (Phi) is 4.85. The van der Waals surface area contributed by atoms with E-state index >= 15 is 0 Å². The first-order valence-electron chi connectivity index (χ1n) is 4.75. The van der Waals surface area contributed by atoms with Crippen molar-refractivity contribution in [1.82, 2.24) is 0 Å². The zero-order valence-corrected chi connectivity index (χ0v) is 8.93. The molecule has 8 heteroatoms. The van der Waals surface area contributed by atoms with Gasteiger partial charge in [-0.2, -0.15) is 0 Å². The van der Waals surface area contributed by atoms with E-state index in [1.165, 1.54) is 0 Å². The van der Waals surface area contributed by atoms with Crippen molar-refractivity contribution in [2.24, 2.45) is 0 Å². The number of halogens is 5. The molecule has 18 heavy (non-hydrogen) atoms. The maximum atomic E-state index is 13.2. The summed E-state index contributed by atoms with van der Waals surface area (Å²) in [6.07, 6.45) is -4.82. The molecule has 0 radical (unpaired) electrons. The number of ether oxygens (including phenoxy) is 2. The Morgan fingerprint density at radius 1 is 1.06 bits per heavy atom. The third-order valence-electron chi connectivity index (χ3n) is 1.84. The molecule has 0 spiro atoms. The molecule has 0 aromatic heterocycles. The van der Waals surface area contributed by atoms with Crippen molar-refractivity contribution in [3.8, 4) is 5.75 Å². The van der Waals surface area contributed by atoms with E-state index < -0.39 is 43.6 Å². The van der Waals surface area contributed by atoms with Gasteiger partial charge < -0.3 is 9.84 Å². The largest absolute Gasteiger partial charge is 0.522 e. The number of aliphatic hydroxyl groups is 1. The molecule has 0 amide bonds. The fourth-order valence-corrected chi connectivity index (χ4v) is 1.14. The van der Waals surface area contributed by atoms with Gasteiger partial charge in [-0.05, 0) is 17.7 Å². The second-order valence-electron chi connectivity index (χ2n) is 3.19. The van der Waals surface area contributed by atoms with Gasteiger partial charge in [-0.1, -0.05) is 0 Å². The third kappa shape index (κ3) is 4.46. The monoisotopic (exact) mass is 272 g/mol. The Morgan fingerprint density at radius 3 is 2.06 bits per heavy atom. The van der Waals surface area contributed by atoms with E-state index in [1.54, 1.807) is 0 Å². The van der Waals surface area contributed by atoms with Gasteiger partial charge in [0.25, 0.3) is 0 Å². The highest BCUT2D eigenvalue weighted by Crippen LogP contribution is 2.23. The molecule has 0 aliphatic rings. The summed E-state index contributed by atoms with van der Waals surface area (Å²) in [6.45, 7) is -2.11. The molecule has 1 N–H and O–H groups in total. The van der Waals surface area contributed by atoms with Crippen molar-refractivity contribution < 1.29 is 36.5 Å². The van der Waals surface area contributed by atoms with Gasteiger partial charge in [0.15, 0.2) is 17.4 Å². The molecule has 0 unspecified atom stereocenters. The molecule has 0 saturated heterocycles. The number of aliphatic hydroxyl groups excluding tert-OH is 1. The first kappa shape index (κ1) is 14.7. The average molecular weight is 272 g/mol. The molecular formula is C10H9F5O3. The first-order valence-corrected chi connectivity index (χ1v) is 4.75. The van der Waals surface area contributed by atoms with Crippen molar-refractivity contribution >= 4 is 0 Å². The van der Waals surface area contributed by atoms with Gasteiger partial charge in [0.2, 0.25) is 0 Å². The van der Waals surface area contributed by atoms with Gasteiger partial charge >= 0.3 is 6.36 Å². The van der Waals surface area contributed by atoms with Crippen molar-refractivity contribution in [3.63, 3.8) is 0 Å². The van der Waals surface area contributed by atoms with Gasteiger partial charge in [-0.15, -0.1) is 13.2 Å². The summed E-state index contributed by atoms with van der Waals surface area (Å²) in [5, 5.41) is 8.66. The molecule has 0 saturated carbocycles. The zero-order valence-electron chi connectivity index (χ0n) is 8.93. The Balaban J connectivity index is 2.57. The van der Waals surface area contributed by atoms with Crippen LogP contribution >= 0.6 is 0 Å². The van der Waals surface area contributed by atoms with Crippen molar-refractivity contribution in [2.45, 2.75) is 13.0 Å². The summed E-state index contributed by atoms with van der Waals surface area (Å²) in [5.41, 5.74) is -0.0103. The van der Waals surface area contributed by atoms with Crippen molar-refractivity contribution in [2.75, 3.05) is 13.2 Å². The van der Waals surface area contributed by atoms with Crippen LogP contribution in [0.25, 0.3) is 0 Å². The highest BCUT2D eigenvalue weighted by molar-refractivity contribution is 5.31. The van der Waals surface area contributed by atoms with Gasteiger partial charge in [0, 0.05) is 0 Å². The lowest BCUT2D eigenvalue weighted by atomic mass is 10.2. The molecule has 1 aromatic rings. The summed E-state index contributed by atoms with van der Waals surface area (Å²) in [5.74, 6) is -3.02. The van der Waals surface area contributed by atoms with E-state index in [4.69, 9.17) is 5.11 Å². The predicted molar refractivity (Wildman–Crippen MR) is 49.8 cm³/mol. The standard InChI is InChI=1S/C10H9F5O3/c11-7-3-6(5-16)4-8(12)9(7)17-1-2-18-10(13,14)15/h3-4,16H,1-2,5H2. The van der Waals surface area contributed by atoms with Crippen LogP contribution in [0.5, 0.6) is 5.75 Å². The molecule has 0 heterocycles. The zero-order chi connectivity index (χ0) is 13.8. The summed E-state index contributed by atoms with van der Waals surface area (Å²) >= 11 is 0. The lowest BCUT2D eigenvalue weighted by molar-refractivity contribution is -0.325. The van der Waals surface area contributed by atoms with Crippen LogP contribution < -0.4 is 4.74 Å². The van der Waals surface area contributed by atoms with Gasteiger partial charge in [0.1, 0.15) is 6.61 Å². The second-order valence-corrected chi connectivity index (χ2v) is 3.19. The number of rotatable bonds is 5. The quantitative estimate of drug-likeness (QED) is 0.660. The van der Waals surface area contributed by atoms with E-state index in [2.05, 4.69) is 9.47 Å². The van der Waals surface area contributed by atoms with E-state index in [1.807, 2.05) is 0 Å². The fraction of sp³-hybridized carbons (Fsp3) is 0.400. The second kappa shape index (κ2) is 5.96. The summed E-state index contributed by atoms with van der Waals surface area (Å²) in [7, 11) is 0. The molecule has 102 valence electrons. The van der Waals surface area contributed by atoms with Crippen LogP contribution in [-0.2, 0) is 11.3 Å². The van der Waals surface area contributed by atoms with Crippen LogP contribution in [0.1, 0.15) is 5.56 Å². The molecule has 0 fully saturated rings.